The van der Waals surface area contributed by atoms with Crippen LogP contribution in [0.15, 0.2) is 11.8 Å². The maximum Gasteiger partial charge on any atom is 0.313 e. The number of allylic oxidation sites excluding steroid dienone is 1. The molecule has 1 aliphatic carbocycles. The minimum atomic E-state index is -0.0367. The molecule has 2 unspecified atom stereocenters. The van der Waals surface area contributed by atoms with Gasteiger partial charge >= 0.3 is 5.97 Å². The summed E-state index contributed by atoms with van der Waals surface area (Å²) < 4.78 is 5.59. The SMILES string of the molecule is CCC(CC)C(=O)OC1=CC2C(CC1)CCN2C. The lowest BCUT2D eigenvalue weighted by molar-refractivity contribution is -0.144. The number of likely N-dealkylation sites (N-methyl/N-ethyl adjacent to an activating group) is 1. The third-order valence-corrected chi connectivity index (χ3v) is 4.51. The highest BCUT2D eigenvalue weighted by Gasteiger charge is 2.34. The van der Waals surface area contributed by atoms with E-state index in [0.717, 1.165) is 37.4 Å². The molecule has 2 rings (SSSR count). The number of carbonyl (C=O) groups excluding carboxylic acids is 1. The fraction of sp³-hybridized carbons (Fsp3) is 0.800. The molecule has 1 heterocycles. The molecule has 2 atom stereocenters. The predicted octanol–water partition coefficient (Wildman–Crippen LogP) is 2.96. The Bertz CT molecular complexity index is 333. The Labute approximate surface area is 110 Å². The first kappa shape index (κ1) is 13.6. The van der Waals surface area contributed by atoms with Crippen LogP contribution in [-0.2, 0) is 9.53 Å². The highest BCUT2D eigenvalue weighted by atomic mass is 16.5. The van der Waals surface area contributed by atoms with E-state index in [2.05, 4.69) is 18.0 Å². The zero-order valence-electron chi connectivity index (χ0n) is 11.8. The molecule has 1 fully saturated rings. The summed E-state index contributed by atoms with van der Waals surface area (Å²) in [5.41, 5.74) is 0. The first-order valence-electron chi connectivity index (χ1n) is 7.28. The number of likely N-dealkylation sites (tertiary alicyclic amines) is 1. The molecule has 0 spiro atoms. The van der Waals surface area contributed by atoms with Crippen LogP contribution in [0.2, 0.25) is 0 Å². The van der Waals surface area contributed by atoms with E-state index in [4.69, 9.17) is 4.74 Å². The van der Waals surface area contributed by atoms with E-state index in [1.54, 1.807) is 0 Å². The van der Waals surface area contributed by atoms with Crippen molar-refractivity contribution in [2.24, 2.45) is 11.8 Å². The van der Waals surface area contributed by atoms with Gasteiger partial charge in [-0.2, -0.15) is 0 Å². The number of ether oxygens (including phenoxy) is 1. The summed E-state index contributed by atoms with van der Waals surface area (Å²) in [7, 11) is 2.16. The van der Waals surface area contributed by atoms with Crippen molar-refractivity contribution in [2.45, 2.75) is 52.0 Å². The van der Waals surface area contributed by atoms with Crippen LogP contribution < -0.4 is 0 Å². The van der Waals surface area contributed by atoms with Crippen molar-refractivity contribution >= 4 is 5.97 Å². The van der Waals surface area contributed by atoms with Crippen molar-refractivity contribution in [1.82, 2.24) is 4.90 Å². The van der Waals surface area contributed by atoms with Gasteiger partial charge in [0.15, 0.2) is 0 Å². The van der Waals surface area contributed by atoms with Crippen LogP contribution in [0, 0.1) is 11.8 Å². The zero-order valence-corrected chi connectivity index (χ0v) is 11.8. The third-order valence-electron chi connectivity index (χ3n) is 4.51. The van der Waals surface area contributed by atoms with Gasteiger partial charge in [-0.25, -0.2) is 0 Å². The Balaban J connectivity index is 1.97. The highest BCUT2D eigenvalue weighted by molar-refractivity contribution is 5.73. The summed E-state index contributed by atoms with van der Waals surface area (Å²) in [6, 6.07) is 0.489. The molecule has 1 aliphatic heterocycles. The number of carbonyl (C=O) groups is 1. The van der Waals surface area contributed by atoms with Crippen molar-refractivity contribution in [3.05, 3.63) is 11.8 Å². The van der Waals surface area contributed by atoms with Gasteiger partial charge in [-0.3, -0.25) is 9.69 Å². The molecule has 0 aromatic carbocycles. The molecule has 18 heavy (non-hydrogen) atoms. The smallest absolute Gasteiger partial charge is 0.313 e. The molecule has 3 nitrogen and oxygen atoms in total. The normalized spacial score (nSPS) is 28.1. The second-order valence-electron chi connectivity index (χ2n) is 5.63. The van der Waals surface area contributed by atoms with Crippen LogP contribution in [0.4, 0.5) is 0 Å². The Hall–Kier alpha value is -0.830. The van der Waals surface area contributed by atoms with Gasteiger partial charge in [0.05, 0.1) is 5.92 Å². The van der Waals surface area contributed by atoms with Crippen molar-refractivity contribution in [3.8, 4) is 0 Å². The summed E-state index contributed by atoms with van der Waals surface area (Å²) in [6.45, 7) is 5.26. The monoisotopic (exact) mass is 251 g/mol. The Kier molecular flexibility index (Phi) is 4.44. The van der Waals surface area contributed by atoms with Crippen molar-refractivity contribution in [2.75, 3.05) is 13.6 Å². The lowest BCUT2D eigenvalue weighted by atomic mass is 9.89. The van der Waals surface area contributed by atoms with Gasteiger partial charge in [0.25, 0.3) is 0 Å². The van der Waals surface area contributed by atoms with Gasteiger partial charge in [-0.1, -0.05) is 13.8 Å². The third kappa shape index (κ3) is 2.77. The number of esters is 1. The van der Waals surface area contributed by atoms with Gasteiger partial charge in [-0.15, -0.1) is 0 Å². The standard InChI is InChI=1S/C15H25NO2/c1-4-11(5-2)15(17)18-13-7-6-12-8-9-16(3)14(12)10-13/h10-12,14H,4-9H2,1-3H3. The van der Waals surface area contributed by atoms with Gasteiger partial charge in [-0.05, 0) is 51.3 Å². The second-order valence-corrected chi connectivity index (χ2v) is 5.63. The maximum atomic E-state index is 12.0. The van der Waals surface area contributed by atoms with Crippen LogP contribution in [0.3, 0.4) is 0 Å². The largest absolute Gasteiger partial charge is 0.431 e. The molecule has 0 saturated carbocycles. The van der Waals surface area contributed by atoms with E-state index in [9.17, 15) is 4.79 Å². The topological polar surface area (TPSA) is 29.5 Å². The lowest BCUT2D eigenvalue weighted by Crippen LogP contribution is -2.30. The molecule has 2 aliphatic rings. The molecule has 0 aromatic heterocycles. The first-order valence-corrected chi connectivity index (χ1v) is 7.28. The summed E-state index contributed by atoms with van der Waals surface area (Å²) in [5, 5.41) is 0. The summed E-state index contributed by atoms with van der Waals surface area (Å²) in [4.78, 5) is 14.3. The van der Waals surface area contributed by atoms with Crippen molar-refractivity contribution in [3.63, 3.8) is 0 Å². The summed E-state index contributed by atoms with van der Waals surface area (Å²) in [5.74, 6) is 1.70. The molecule has 0 radical (unpaired) electrons. The van der Waals surface area contributed by atoms with Crippen molar-refractivity contribution < 1.29 is 9.53 Å². The fourth-order valence-corrected chi connectivity index (χ4v) is 3.15. The van der Waals surface area contributed by atoms with E-state index >= 15 is 0 Å². The number of rotatable bonds is 4. The number of fused-ring (bicyclic) bond motifs is 1. The molecular formula is C15H25NO2. The van der Waals surface area contributed by atoms with Crippen LogP contribution in [0.1, 0.15) is 46.0 Å². The minimum absolute atomic E-state index is 0.0367. The molecule has 0 aromatic rings. The van der Waals surface area contributed by atoms with Crippen LogP contribution >= 0.6 is 0 Å². The summed E-state index contributed by atoms with van der Waals surface area (Å²) >= 11 is 0. The van der Waals surface area contributed by atoms with Gasteiger partial charge < -0.3 is 4.74 Å². The van der Waals surface area contributed by atoms with E-state index in [0.29, 0.717) is 6.04 Å². The van der Waals surface area contributed by atoms with Gasteiger partial charge in [0.1, 0.15) is 5.76 Å². The Morgan fingerprint density at radius 1 is 1.44 bits per heavy atom. The molecule has 0 bridgehead atoms. The Morgan fingerprint density at radius 3 is 2.83 bits per heavy atom. The Morgan fingerprint density at radius 2 is 2.17 bits per heavy atom. The average Bonchev–Trinajstić information content (AvgIpc) is 2.73. The van der Waals surface area contributed by atoms with Gasteiger partial charge in [0.2, 0.25) is 0 Å². The van der Waals surface area contributed by atoms with E-state index in [1.165, 1.54) is 13.0 Å². The highest BCUT2D eigenvalue weighted by Crippen LogP contribution is 2.34. The van der Waals surface area contributed by atoms with Gasteiger partial charge in [0, 0.05) is 12.5 Å². The minimum Gasteiger partial charge on any atom is -0.431 e. The molecule has 0 N–H and O–H groups in total. The van der Waals surface area contributed by atoms with E-state index < -0.39 is 0 Å². The van der Waals surface area contributed by atoms with Crippen LogP contribution in [0.5, 0.6) is 0 Å². The van der Waals surface area contributed by atoms with Crippen LogP contribution in [0.25, 0.3) is 0 Å². The van der Waals surface area contributed by atoms with E-state index in [-0.39, 0.29) is 11.9 Å². The fourth-order valence-electron chi connectivity index (χ4n) is 3.15. The predicted molar refractivity (Wildman–Crippen MR) is 72.0 cm³/mol. The molecule has 3 heteroatoms. The second kappa shape index (κ2) is 5.87. The zero-order chi connectivity index (χ0) is 13.1. The number of hydrogen-bond acceptors (Lipinski definition) is 3. The number of nitrogens with zero attached hydrogens (tertiary/aromatic N) is 1. The maximum absolute atomic E-state index is 12.0. The first-order chi connectivity index (χ1) is 8.65. The lowest BCUT2D eigenvalue weighted by Gasteiger charge is -2.27. The molecule has 102 valence electrons. The van der Waals surface area contributed by atoms with Crippen molar-refractivity contribution in [1.29, 1.82) is 0 Å². The quantitative estimate of drug-likeness (QED) is 0.719. The van der Waals surface area contributed by atoms with Crippen LogP contribution in [-0.4, -0.2) is 30.5 Å². The molecule has 0 amide bonds. The summed E-state index contributed by atoms with van der Waals surface area (Å²) in [6.07, 6.45) is 7.30. The van der Waals surface area contributed by atoms with E-state index in [1.807, 2.05) is 13.8 Å². The molecule has 1 saturated heterocycles. The number of hydrogen-bond donors (Lipinski definition) is 0. The average molecular weight is 251 g/mol. The molecular weight excluding hydrogens is 226 g/mol.